The largest absolute Gasteiger partial charge is 0.294 e. The van der Waals surface area contributed by atoms with Crippen LogP contribution in [0.15, 0.2) is 219 Å². The van der Waals surface area contributed by atoms with Crippen LogP contribution in [0, 0.1) is 0 Å². The van der Waals surface area contributed by atoms with E-state index in [9.17, 15) is 0 Å². The zero-order valence-corrected chi connectivity index (χ0v) is 32.1. The van der Waals surface area contributed by atoms with Gasteiger partial charge in [-0.25, -0.2) is 4.98 Å². The molecule has 0 bridgehead atoms. The first-order chi connectivity index (χ1) is 28.3. The van der Waals surface area contributed by atoms with Crippen LogP contribution in [0.25, 0.3) is 66.4 Å². The van der Waals surface area contributed by atoms with Gasteiger partial charge in [-0.05, 0) is 62.7 Å². The number of aromatic nitrogens is 4. The topological polar surface area (TPSA) is 35.6 Å². The molecule has 0 N–H and O–H groups in total. The van der Waals surface area contributed by atoms with Gasteiger partial charge in [0.1, 0.15) is 11.6 Å². The summed E-state index contributed by atoms with van der Waals surface area (Å²) >= 11 is 0. The minimum Gasteiger partial charge on any atom is -0.294 e. The highest BCUT2D eigenvalue weighted by molar-refractivity contribution is 7.19. The van der Waals surface area contributed by atoms with E-state index in [4.69, 9.17) is 9.97 Å². The Morgan fingerprint density at radius 3 is 1.05 bits per heavy atom. The second-order valence-corrected chi connectivity index (χ2v) is 18.4. The molecule has 0 aliphatic rings. The predicted molar refractivity (Wildman–Crippen MR) is 240 cm³/mol. The minimum atomic E-state index is -2.83. The number of benzene rings is 7. The van der Waals surface area contributed by atoms with E-state index in [0.717, 1.165) is 44.8 Å². The van der Waals surface area contributed by atoms with Crippen LogP contribution in [0.1, 0.15) is 0 Å². The number of pyridine rings is 2. The molecule has 4 nitrogen and oxygen atoms in total. The van der Waals surface area contributed by atoms with Crippen LogP contribution >= 0.6 is 0 Å². The van der Waals surface area contributed by atoms with Crippen molar-refractivity contribution < 1.29 is 0 Å². The summed E-state index contributed by atoms with van der Waals surface area (Å²) in [4.78, 5) is 10.7. The zero-order valence-electron chi connectivity index (χ0n) is 31.1. The molecule has 4 heterocycles. The molecule has 0 saturated heterocycles. The lowest BCUT2D eigenvalue weighted by Gasteiger charge is -2.34. The molecule has 57 heavy (non-hydrogen) atoms. The first-order valence-corrected chi connectivity index (χ1v) is 21.4. The van der Waals surface area contributed by atoms with E-state index in [0.29, 0.717) is 0 Å². The molecule has 0 unspecified atom stereocenters. The van der Waals surface area contributed by atoms with E-state index in [1.54, 1.807) is 0 Å². The Hall–Kier alpha value is -7.34. The summed E-state index contributed by atoms with van der Waals surface area (Å²) < 4.78 is 4.64. The van der Waals surface area contributed by atoms with Crippen LogP contribution in [0.3, 0.4) is 0 Å². The molecule has 0 aliphatic heterocycles. The average molecular weight is 745 g/mol. The van der Waals surface area contributed by atoms with E-state index < -0.39 is 8.07 Å². The molecule has 0 fully saturated rings. The Morgan fingerprint density at radius 1 is 0.316 bits per heavy atom. The van der Waals surface area contributed by atoms with Crippen molar-refractivity contribution in [2.75, 3.05) is 0 Å². The van der Waals surface area contributed by atoms with Gasteiger partial charge in [-0.15, -0.1) is 0 Å². The molecule has 11 rings (SSSR count). The van der Waals surface area contributed by atoms with E-state index in [1.807, 2.05) is 6.20 Å². The third-order valence-electron chi connectivity index (χ3n) is 11.5. The van der Waals surface area contributed by atoms with Crippen LogP contribution in [-0.4, -0.2) is 27.2 Å². The molecule has 0 saturated carbocycles. The van der Waals surface area contributed by atoms with Crippen LogP contribution in [-0.2, 0) is 0 Å². The third kappa shape index (κ3) is 5.20. The first kappa shape index (κ1) is 33.0. The Morgan fingerprint density at radius 2 is 0.667 bits per heavy atom. The van der Waals surface area contributed by atoms with Gasteiger partial charge in [-0.1, -0.05) is 170 Å². The maximum atomic E-state index is 5.57. The highest BCUT2D eigenvalue weighted by atomic mass is 28.3. The summed E-state index contributed by atoms with van der Waals surface area (Å²) in [5, 5.41) is 9.96. The predicted octanol–water partition coefficient (Wildman–Crippen LogP) is 9.72. The fourth-order valence-corrected chi connectivity index (χ4v) is 13.8. The van der Waals surface area contributed by atoms with E-state index in [2.05, 4.69) is 222 Å². The minimum absolute atomic E-state index is 0.852. The molecule has 0 radical (unpaired) electrons. The Bertz CT molecular complexity index is 2910. The van der Waals surface area contributed by atoms with Crippen LogP contribution in [0.2, 0.25) is 0 Å². The van der Waals surface area contributed by atoms with Crippen molar-refractivity contribution in [3.8, 4) is 22.8 Å². The zero-order chi connectivity index (χ0) is 37.8. The number of rotatable bonds is 7. The molecule has 0 atom stereocenters. The molecule has 268 valence electrons. The lowest BCUT2D eigenvalue weighted by Crippen LogP contribution is -2.74. The Labute approximate surface area is 331 Å². The molecule has 11 aromatic rings. The van der Waals surface area contributed by atoms with Crippen LogP contribution in [0.4, 0.5) is 0 Å². The monoisotopic (exact) mass is 744 g/mol. The van der Waals surface area contributed by atoms with Crippen molar-refractivity contribution >= 4 is 72.4 Å². The molecule has 0 spiro atoms. The summed E-state index contributed by atoms with van der Waals surface area (Å²) in [5.41, 5.74) is 6.56. The van der Waals surface area contributed by atoms with Gasteiger partial charge in [0.05, 0.1) is 22.1 Å². The van der Waals surface area contributed by atoms with Crippen molar-refractivity contribution in [2.24, 2.45) is 0 Å². The van der Waals surface area contributed by atoms with E-state index >= 15 is 0 Å². The quantitative estimate of drug-likeness (QED) is 0.120. The van der Waals surface area contributed by atoms with Crippen LogP contribution < -0.4 is 20.7 Å². The fraction of sp³-hybridized carbons (Fsp3) is 0. The van der Waals surface area contributed by atoms with Gasteiger partial charge < -0.3 is 0 Å². The second-order valence-electron chi connectivity index (χ2n) is 14.6. The van der Waals surface area contributed by atoms with E-state index in [1.165, 1.54) is 42.3 Å². The van der Waals surface area contributed by atoms with Crippen LogP contribution in [0.5, 0.6) is 0 Å². The highest BCUT2D eigenvalue weighted by Gasteiger charge is 2.41. The average Bonchev–Trinajstić information content (AvgIpc) is 3.81. The summed E-state index contributed by atoms with van der Waals surface area (Å²) in [6, 6.07) is 74.5. The second kappa shape index (κ2) is 13.4. The fourth-order valence-electron chi connectivity index (χ4n) is 9.10. The Kier molecular flexibility index (Phi) is 7.79. The van der Waals surface area contributed by atoms with Crippen molar-refractivity contribution in [1.29, 1.82) is 0 Å². The number of para-hydroxylation sites is 4. The third-order valence-corrected chi connectivity index (χ3v) is 16.3. The standard InChI is InChI=1S/C52H36N4Si/c1-4-18-39(19-5-1)57(40-20-6-2-7-21-40,41-22-8-3-9-23-41)42-32-38(35-53-36-42)37-33-51(55-47-28-14-10-24-43(47)44-25-11-15-29-48(44)55)54-52(34-37)56-49-30-16-12-26-45(49)46-27-13-17-31-50(46)56/h1-36H. The van der Waals surface area contributed by atoms with Crippen molar-refractivity contribution in [3.63, 3.8) is 0 Å². The maximum Gasteiger partial charge on any atom is 0.181 e. The molecule has 5 heteroatoms. The number of fused-ring (bicyclic) bond motifs is 6. The van der Waals surface area contributed by atoms with Gasteiger partial charge in [-0.2, -0.15) is 0 Å². The van der Waals surface area contributed by atoms with E-state index in [-0.39, 0.29) is 0 Å². The molecular formula is C52H36N4Si. The van der Waals surface area contributed by atoms with Gasteiger partial charge >= 0.3 is 0 Å². The van der Waals surface area contributed by atoms with Gasteiger partial charge in [0, 0.05) is 39.5 Å². The normalized spacial score (nSPS) is 11.9. The Balaban J connectivity index is 1.22. The molecule has 0 aliphatic carbocycles. The first-order valence-electron chi connectivity index (χ1n) is 19.4. The smallest absolute Gasteiger partial charge is 0.181 e. The maximum absolute atomic E-state index is 5.57. The van der Waals surface area contributed by atoms with Gasteiger partial charge in [-0.3, -0.25) is 14.1 Å². The van der Waals surface area contributed by atoms with Crippen molar-refractivity contribution in [1.82, 2.24) is 19.1 Å². The van der Waals surface area contributed by atoms with Crippen molar-refractivity contribution in [3.05, 3.63) is 219 Å². The molecular weight excluding hydrogens is 709 g/mol. The van der Waals surface area contributed by atoms with Crippen molar-refractivity contribution in [2.45, 2.75) is 0 Å². The number of nitrogens with zero attached hydrogens (tertiary/aromatic N) is 4. The molecule has 7 aromatic carbocycles. The van der Waals surface area contributed by atoms with Gasteiger partial charge in [0.25, 0.3) is 0 Å². The van der Waals surface area contributed by atoms with Gasteiger partial charge in [0.15, 0.2) is 8.07 Å². The summed E-state index contributed by atoms with van der Waals surface area (Å²) in [6.07, 6.45) is 4.12. The lowest BCUT2D eigenvalue weighted by atomic mass is 10.1. The van der Waals surface area contributed by atoms with Gasteiger partial charge in [0.2, 0.25) is 0 Å². The highest BCUT2D eigenvalue weighted by Crippen LogP contribution is 2.36. The SMILES string of the molecule is c1ccc([Si](c2ccccc2)(c2ccccc2)c2cncc(-c3cc(-n4c5ccccc5c5ccccc54)nc(-n4c5ccccc5c5ccccc54)c3)c2)cc1. The molecule has 4 aromatic heterocycles. The summed E-state index contributed by atoms with van der Waals surface area (Å²) in [7, 11) is -2.83. The molecule has 0 amide bonds. The number of hydrogen-bond acceptors (Lipinski definition) is 2. The summed E-state index contributed by atoms with van der Waals surface area (Å²) in [6.45, 7) is 0. The summed E-state index contributed by atoms with van der Waals surface area (Å²) in [5.74, 6) is 1.70. The number of hydrogen-bond donors (Lipinski definition) is 0. The lowest BCUT2D eigenvalue weighted by molar-refractivity contribution is 1.01.